The number of hydrogen-bond donors (Lipinski definition) is 0. The Morgan fingerprint density at radius 1 is 0.833 bits per heavy atom. The Labute approximate surface area is 144 Å². The molecular weight excluding hydrogens is 312 g/mol. The van der Waals surface area contributed by atoms with Gasteiger partial charge in [0, 0.05) is 24.1 Å². The van der Waals surface area contributed by atoms with Gasteiger partial charge in [-0.05, 0) is 12.8 Å². The maximum Gasteiger partial charge on any atom is 0.333 e. The lowest BCUT2D eigenvalue weighted by Crippen LogP contribution is -2.10. The minimum atomic E-state index is -0.473. The topological polar surface area (TPSA) is 78.9 Å². The van der Waals surface area contributed by atoms with E-state index in [-0.39, 0.29) is 19.2 Å². The summed E-state index contributed by atoms with van der Waals surface area (Å²) in [5.41, 5.74) is 0.443. The summed E-state index contributed by atoms with van der Waals surface area (Å²) in [6, 6.07) is 0. The Morgan fingerprint density at radius 3 is 1.71 bits per heavy atom. The molecule has 0 amide bonds. The van der Waals surface area contributed by atoms with Crippen LogP contribution in [-0.4, -0.2) is 37.7 Å². The van der Waals surface area contributed by atoms with E-state index in [1.807, 2.05) is 13.8 Å². The lowest BCUT2D eigenvalue weighted by atomic mass is 10.2. The second-order valence-corrected chi connectivity index (χ2v) is 4.54. The van der Waals surface area contributed by atoms with E-state index in [0.717, 1.165) is 18.9 Å². The summed E-state index contributed by atoms with van der Waals surface area (Å²) >= 11 is 0. The molecule has 0 atom stereocenters. The third-order valence-corrected chi connectivity index (χ3v) is 2.56. The highest BCUT2D eigenvalue weighted by Crippen LogP contribution is 2.00. The first-order chi connectivity index (χ1) is 11.4. The first-order valence-corrected chi connectivity index (χ1v) is 7.86. The van der Waals surface area contributed by atoms with E-state index in [9.17, 15) is 14.4 Å². The van der Waals surface area contributed by atoms with Crippen LogP contribution in [0.15, 0.2) is 37.5 Å². The summed E-state index contributed by atoms with van der Waals surface area (Å²) in [6.07, 6.45) is 5.29. The molecule has 6 nitrogen and oxygen atoms in total. The van der Waals surface area contributed by atoms with E-state index in [0.29, 0.717) is 25.0 Å². The van der Waals surface area contributed by atoms with Crippen LogP contribution in [0.25, 0.3) is 0 Å². The van der Waals surface area contributed by atoms with E-state index in [1.165, 1.54) is 6.08 Å². The van der Waals surface area contributed by atoms with Crippen LogP contribution in [0.1, 0.15) is 39.5 Å². The molecule has 0 aliphatic carbocycles. The standard InChI is InChI=1S/C11H16O4.C7H12O2/c1-4-9(3)11(13)15-8-6-7-14-10(12)5-2;1-3-5-6-9-7(8)4-2/h5H,2-4,6-8H2,1H3;4H,2-3,5-6H2,1H3. The van der Waals surface area contributed by atoms with Crippen molar-refractivity contribution in [2.45, 2.75) is 39.5 Å². The third kappa shape index (κ3) is 16.0. The fourth-order valence-corrected chi connectivity index (χ4v) is 1.08. The molecule has 0 spiro atoms. The molecule has 24 heavy (non-hydrogen) atoms. The number of carbonyl (C=O) groups is 3. The maximum atomic E-state index is 11.1. The summed E-state index contributed by atoms with van der Waals surface area (Å²) < 4.78 is 14.2. The zero-order valence-electron chi connectivity index (χ0n) is 14.7. The van der Waals surface area contributed by atoms with Gasteiger partial charge >= 0.3 is 17.9 Å². The molecule has 0 aromatic heterocycles. The molecule has 0 aliphatic rings. The predicted molar refractivity (Wildman–Crippen MR) is 92.2 cm³/mol. The van der Waals surface area contributed by atoms with Crippen molar-refractivity contribution in [2.75, 3.05) is 19.8 Å². The van der Waals surface area contributed by atoms with Gasteiger partial charge in [-0.15, -0.1) is 0 Å². The fourth-order valence-electron chi connectivity index (χ4n) is 1.08. The van der Waals surface area contributed by atoms with Crippen LogP contribution in [0.2, 0.25) is 0 Å². The number of unbranched alkanes of at least 4 members (excludes halogenated alkanes) is 1. The van der Waals surface area contributed by atoms with Crippen molar-refractivity contribution in [2.24, 2.45) is 0 Å². The van der Waals surface area contributed by atoms with Crippen molar-refractivity contribution in [3.05, 3.63) is 37.5 Å². The molecule has 136 valence electrons. The Kier molecular flexibility index (Phi) is 16.9. The fraction of sp³-hybridized carbons (Fsp3) is 0.500. The molecule has 0 aliphatic heterocycles. The largest absolute Gasteiger partial charge is 0.463 e. The highest BCUT2D eigenvalue weighted by molar-refractivity contribution is 5.87. The van der Waals surface area contributed by atoms with Crippen LogP contribution < -0.4 is 0 Å². The summed E-state index contributed by atoms with van der Waals surface area (Å²) in [4.78, 5) is 32.0. The van der Waals surface area contributed by atoms with Gasteiger partial charge in [0.05, 0.1) is 19.8 Å². The first kappa shape index (κ1) is 23.9. The minimum absolute atomic E-state index is 0.219. The van der Waals surface area contributed by atoms with Crippen molar-refractivity contribution in [3.63, 3.8) is 0 Å². The molecule has 0 N–H and O–H groups in total. The quantitative estimate of drug-likeness (QED) is 0.249. The molecule has 6 heteroatoms. The maximum absolute atomic E-state index is 11.1. The lowest BCUT2D eigenvalue weighted by Gasteiger charge is -2.05. The Balaban J connectivity index is 0. The van der Waals surface area contributed by atoms with Gasteiger partial charge in [0.2, 0.25) is 0 Å². The molecule has 0 saturated heterocycles. The molecule has 0 saturated carbocycles. The van der Waals surface area contributed by atoms with E-state index < -0.39 is 11.9 Å². The van der Waals surface area contributed by atoms with Gasteiger partial charge in [-0.25, -0.2) is 14.4 Å². The van der Waals surface area contributed by atoms with Crippen LogP contribution >= 0.6 is 0 Å². The van der Waals surface area contributed by atoms with Gasteiger partial charge in [-0.1, -0.05) is 40.0 Å². The van der Waals surface area contributed by atoms with E-state index in [2.05, 4.69) is 29.2 Å². The number of esters is 3. The van der Waals surface area contributed by atoms with E-state index in [4.69, 9.17) is 4.74 Å². The minimum Gasteiger partial charge on any atom is -0.463 e. The summed E-state index contributed by atoms with van der Waals surface area (Å²) in [5.74, 6) is -1.20. The molecule has 0 unspecified atom stereocenters. The molecular formula is C18H28O6. The van der Waals surface area contributed by atoms with Crippen molar-refractivity contribution >= 4 is 17.9 Å². The monoisotopic (exact) mass is 340 g/mol. The zero-order chi connectivity index (χ0) is 18.8. The molecule has 0 bridgehead atoms. The van der Waals surface area contributed by atoms with Gasteiger partial charge in [0.15, 0.2) is 0 Å². The van der Waals surface area contributed by atoms with Crippen LogP contribution in [0.5, 0.6) is 0 Å². The van der Waals surface area contributed by atoms with Gasteiger partial charge in [-0.2, -0.15) is 0 Å². The summed E-state index contributed by atoms with van der Waals surface area (Å²) in [7, 11) is 0. The summed E-state index contributed by atoms with van der Waals surface area (Å²) in [5, 5.41) is 0. The smallest absolute Gasteiger partial charge is 0.333 e. The lowest BCUT2D eigenvalue weighted by molar-refractivity contribution is -0.141. The predicted octanol–water partition coefficient (Wildman–Crippen LogP) is 3.13. The van der Waals surface area contributed by atoms with Gasteiger partial charge < -0.3 is 14.2 Å². The number of carbonyl (C=O) groups excluding carboxylic acids is 3. The van der Waals surface area contributed by atoms with Gasteiger partial charge in [0.25, 0.3) is 0 Å². The van der Waals surface area contributed by atoms with Crippen LogP contribution in [0, 0.1) is 0 Å². The third-order valence-electron chi connectivity index (χ3n) is 2.56. The highest BCUT2D eigenvalue weighted by atomic mass is 16.5. The normalized spacial score (nSPS) is 8.92. The number of hydrogen-bond acceptors (Lipinski definition) is 6. The SMILES string of the molecule is C=CC(=O)OCCCC.C=CC(=O)OCCCOC(=O)C(=C)CC. The van der Waals surface area contributed by atoms with Crippen molar-refractivity contribution in [3.8, 4) is 0 Å². The van der Waals surface area contributed by atoms with Gasteiger partial charge in [-0.3, -0.25) is 0 Å². The molecule has 0 aromatic rings. The average Bonchev–Trinajstić information content (AvgIpc) is 2.60. The average molecular weight is 340 g/mol. The van der Waals surface area contributed by atoms with Crippen molar-refractivity contribution in [1.29, 1.82) is 0 Å². The Morgan fingerprint density at radius 2 is 1.29 bits per heavy atom. The van der Waals surface area contributed by atoms with E-state index in [1.54, 1.807) is 0 Å². The second kappa shape index (κ2) is 17.0. The Bertz CT molecular complexity index is 425. The highest BCUT2D eigenvalue weighted by Gasteiger charge is 2.05. The zero-order valence-corrected chi connectivity index (χ0v) is 14.7. The summed E-state index contributed by atoms with van der Waals surface area (Å²) in [6.45, 7) is 14.9. The number of rotatable bonds is 11. The Hall–Kier alpha value is -2.37. The molecule has 0 fully saturated rings. The molecule has 0 heterocycles. The van der Waals surface area contributed by atoms with Gasteiger partial charge in [0.1, 0.15) is 0 Å². The molecule has 0 rings (SSSR count). The number of ether oxygens (including phenoxy) is 3. The van der Waals surface area contributed by atoms with Crippen LogP contribution in [0.4, 0.5) is 0 Å². The van der Waals surface area contributed by atoms with E-state index >= 15 is 0 Å². The molecule has 0 aromatic carbocycles. The first-order valence-electron chi connectivity index (χ1n) is 7.86. The second-order valence-electron chi connectivity index (χ2n) is 4.54. The van der Waals surface area contributed by atoms with Crippen molar-refractivity contribution in [1.82, 2.24) is 0 Å². The van der Waals surface area contributed by atoms with Crippen LogP contribution in [0.3, 0.4) is 0 Å². The molecule has 0 radical (unpaired) electrons. The van der Waals surface area contributed by atoms with Crippen LogP contribution in [-0.2, 0) is 28.6 Å². The van der Waals surface area contributed by atoms with Crippen molar-refractivity contribution < 1.29 is 28.6 Å².